The highest BCUT2D eigenvalue weighted by Crippen LogP contribution is 2.18. The number of likely N-dealkylation sites (tertiary alicyclic amines) is 1. The molecular weight excluding hydrogens is 220 g/mol. The van der Waals surface area contributed by atoms with Crippen molar-refractivity contribution in [1.29, 1.82) is 0 Å². The highest BCUT2D eigenvalue weighted by Gasteiger charge is 2.18. The van der Waals surface area contributed by atoms with Crippen LogP contribution in [-0.2, 0) is 6.54 Å². The smallest absolute Gasteiger partial charge is 0.0406 e. The van der Waals surface area contributed by atoms with Gasteiger partial charge in [-0.15, -0.1) is 0 Å². The second kappa shape index (κ2) is 5.67. The molecule has 1 atom stereocenters. The summed E-state index contributed by atoms with van der Waals surface area (Å²) in [6.45, 7) is 4.17. The summed E-state index contributed by atoms with van der Waals surface area (Å²) in [6, 6.07) is 8.13. The van der Waals surface area contributed by atoms with Crippen LogP contribution < -0.4 is 5.73 Å². The van der Waals surface area contributed by atoms with Gasteiger partial charge in [0.05, 0.1) is 0 Å². The van der Waals surface area contributed by atoms with Crippen LogP contribution in [0.1, 0.15) is 18.4 Å². The van der Waals surface area contributed by atoms with Gasteiger partial charge in [0.1, 0.15) is 0 Å². The summed E-state index contributed by atoms with van der Waals surface area (Å²) in [7, 11) is 0. The molecule has 1 fully saturated rings. The average molecular weight is 239 g/mol. The molecule has 0 bridgehead atoms. The highest BCUT2D eigenvalue weighted by molar-refractivity contribution is 6.30. The molecule has 2 N–H and O–H groups in total. The first-order chi connectivity index (χ1) is 7.78. The van der Waals surface area contributed by atoms with Crippen molar-refractivity contribution in [3.05, 3.63) is 34.9 Å². The van der Waals surface area contributed by atoms with Gasteiger partial charge in [0.15, 0.2) is 0 Å². The average Bonchev–Trinajstić information content (AvgIpc) is 2.32. The van der Waals surface area contributed by atoms with E-state index in [9.17, 15) is 0 Å². The molecule has 3 heteroatoms. The number of nitrogens with two attached hydrogens (primary N) is 1. The van der Waals surface area contributed by atoms with Gasteiger partial charge in [0.25, 0.3) is 0 Å². The van der Waals surface area contributed by atoms with Crippen molar-refractivity contribution >= 4 is 11.6 Å². The minimum atomic E-state index is 0.682. The van der Waals surface area contributed by atoms with Crippen LogP contribution in [0.3, 0.4) is 0 Å². The van der Waals surface area contributed by atoms with Crippen LogP contribution in [0.25, 0.3) is 0 Å². The standard InChI is InChI=1S/C13H19ClN2/c14-13-5-3-11(4-6-13)9-16-7-1-2-12(8-15)10-16/h3-6,12H,1-2,7-10,15H2/t12-/m0/s1. The van der Waals surface area contributed by atoms with Crippen molar-refractivity contribution in [2.75, 3.05) is 19.6 Å². The van der Waals surface area contributed by atoms with Gasteiger partial charge in [0, 0.05) is 18.1 Å². The molecule has 1 aliphatic rings. The lowest BCUT2D eigenvalue weighted by molar-refractivity contribution is 0.171. The molecule has 0 saturated carbocycles. The van der Waals surface area contributed by atoms with E-state index in [1.807, 2.05) is 12.1 Å². The lowest BCUT2D eigenvalue weighted by atomic mass is 9.98. The minimum Gasteiger partial charge on any atom is -0.330 e. The predicted octanol–water partition coefficient (Wildman–Crippen LogP) is 2.51. The highest BCUT2D eigenvalue weighted by atomic mass is 35.5. The van der Waals surface area contributed by atoms with Crippen LogP contribution in [0.15, 0.2) is 24.3 Å². The third kappa shape index (κ3) is 3.21. The normalized spacial score (nSPS) is 22.2. The maximum absolute atomic E-state index is 5.87. The summed E-state index contributed by atoms with van der Waals surface area (Å²) in [6.07, 6.45) is 2.56. The van der Waals surface area contributed by atoms with Gasteiger partial charge in [-0.1, -0.05) is 23.7 Å². The zero-order chi connectivity index (χ0) is 11.4. The molecule has 0 unspecified atom stereocenters. The van der Waals surface area contributed by atoms with Crippen LogP contribution in [0.4, 0.5) is 0 Å². The number of piperidine rings is 1. The Morgan fingerprint density at radius 3 is 2.75 bits per heavy atom. The Kier molecular flexibility index (Phi) is 4.22. The van der Waals surface area contributed by atoms with E-state index >= 15 is 0 Å². The molecule has 1 aliphatic heterocycles. The summed E-state index contributed by atoms with van der Waals surface area (Å²) >= 11 is 5.87. The molecule has 1 heterocycles. The Labute approximate surface area is 102 Å². The summed E-state index contributed by atoms with van der Waals surface area (Å²) in [5.74, 6) is 0.682. The van der Waals surface area contributed by atoms with Crippen LogP contribution >= 0.6 is 11.6 Å². The minimum absolute atomic E-state index is 0.682. The van der Waals surface area contributed by atoms with Crippen molar-refractivity contribution in [2.24, 2.45) is 11.7 Å². The maximum Gasteiger partial charge on any atom is 0.0406 e. The largest absolute Gasteiger partial charge is 0.330 e. The maximum atomic E-state index is 5.87. The van der Waals surface area contributed by atoms with E-state index in [0.29, 0.717) is 5.92 Å². The van der Waals surface area contributed by atoms with Crippen molar-refractivity contribution in [1.82, 2.24) is 4.90 Å². The molecule has 1 saturated heterocycles. The second-order valence-corrected chi connectivity index (χ2v) is 5.04. The van der Waals surface area contributed by atoms with E-state index in [-0.39, 0.29) is 0 Å². The van der Waals surface area contributed by atoms with Gasteiger partial charge in [-0.05, 0) is 49.5 Å². The van der Waals surface area contributed by atoms with Crippen molar-refractivity contribution in [2.45, 2.75) is 19.4 Å². The fraction of sp³-hybridized carbons (Fsp3) is 0.538. The number of rotatable bonds is 3. The van der Waals surface area contributed by atoms with Crippen LogP contribution in [0, 0.1) is 5.92 Å². The van der Waals surface area contributed by atoms with E-state index < -0.39 is 0 Å². The fourth-order valence-corrected chi connectivity index (χ4v) is 2.46. The van der Waals surface area contributed by atoms with Crippen LogP contribution in [0.2, 0.25) is 5.02 Å². The first kappa shape index (κ1) is 11.9. The van der Waals surface area contributed by atoms with Crippen molar-refractivity contribution in [3.8, 4) is 0 Å². The third-order valence-corrected chi connectivity index (χ3v) is 3.51. The summed E-state index contributed by atoms with van der Waals surface area (Å²) in [4.78, 5) is 2.49. The van der Waals surface area contributed by atoms with Crippen molar-refractivity contribution < 1.29 is 0 Å². The van der Waals surface area contributed by atoms with Gasteiger partial charge in [0.2, 0.25) is 0 Å². The van der Waals surface area contributed by atoms with Gasteiger partial charge in [-0.25, -0.2) is 0 Å². The Balaban J connectivity index is 1.91. The lowest BCUT2D eigenvalue weighted by Gasteiger charge is -2.32. The molecule has 0 spiro atoms. The number of benzene rings is 1. The van der Waals surface area contributed by atoms with Crippen molar-refractivity contribution in [3.63, 3.8) is 0 Å². The summed E-state index contributed by atoms with van der Waals surface area (Å²) in [5.41, 5.74) is 7.07. The molecule has 1 aromatic carbocycles. The Hall–Kier alpha value is -0.570. The SMILES string of the molecule is NC[C@@H]1CCCN(Cc2ccc(Cl)cc2)C1. The topological polar surface area (TPSA) is 29.3 Å². The molecule has 2 rings (SSSR count). The second-order valence-electron chi connectivity index (χ2n) is 4.61. The molecule has 88 valence electrons. The Morgan fingerprint density at radius 2 is 2.06 bits per heavy atom. The Bertz CT molecular complexity index is 323. The number of halogens is 1. The monoisotopic (exact) mass is 238 g/mol. The summed E-state index contributed by atoms with van der Waals surface area (Å²) < 4.78 is 0. The number of nitrogens with zero attached hydrogens (tertiary/aromatic N) is 1. The zero-order valence-electron chi connectivity index (χ0n) is 9.53. The van der Waals surface area contributed by atoms with E-state index in [2.05, 4.69) is 17.0 Å². The Morgan fingerprint density at radius 1 is 1.31 bits per heavy atom. The van der Waals surface area contributed by atoms with Gasteiger partial charge in [-0.2, -0.15) is 0 Å². The molecule has 16 heavy (non-hydrogen) atoms. The molecule has 0 amide bonds. The van der Waals surface area contributed by atoms with E-state index in [1.165, 1.54) is 24.9 Å². The number of hydrogen-bond acceptors (Lipinski definition) is 2. The van der Waals surface area contributed by atoms with E-state index in [1.54, 1.807) is 0 Å². The van der Waals surface area contributed by atoms with E-state index in [0.717, 1.165) is 24.7 Å². The van der Waals surface area contributed by atoms with Gasteiger partial charge in [-0.3, -0.25) is 4.90 Å². The van der Waals surface area contributed by atoms with Crippen LogP contribution in [0.5, 0.6) is 0 Å². The van der Waals surface area contributed by atoms with Gasteiger partial charge < -0.3 is 5.73 Å². The first-order valence-electron chi connectivity index (χ1n) is 5.95. The van der Waals surface area contributed by atoms with Gasteiger partial charge >= 0.3 is 0 Å². The first-order valence-corrected chi connectivity index (χ1v) is 6.32. The zero-order valence-corrected chi connectivity index (χ0v) is 10.3. The molecule has 0 aromatic heterocycles. The summed E-state index contributed by atoms with van der Waals surface area (Å²) in [5, 5.41) is 0.808. The fourth-order valence-electron chi connectivity index (χ4n) is 2.34. The predicted molar refractivity (Wildman–Crippen MR) is 68.5 cm³/mol. The molecule has 2 nitrogen and oxygen atoms in total. The quantitative estimate of drug-likeness (QED) is 0.877. The van der Waals surface area contributed by atoms with Crippen LogP contribution in [-0.4, -0.2) is 24.5 Å². The lowest BCUT2D eigenvalue weighted by Crippen LogP contribution is -2.37. The third-order valence-electron chi connectivity index (χ3n) is 3.26. The molecule has 0 radical (unpaired) electrons. The molecule has 0 aliphatic carbocycles. The number of hydrogen-bond donors (Lipinski definition) is 1. The van der Waals surface area contributed by atoms with E-state index in [4.69, 9.17) is 17.3 Å². The molecular formula is C13H19ClN2. The molecule has 1 aromatic rings.